The Kier molecular flexibility index (Phi) is 6.55. The quantitative estimate of drug-likeness (QED) is 0.568. The highest BCUT2D eigenvalue weighted by Gasteiger charge is 2.19. The standard InChI is InChI=1S/C14H26N4OS/c1-6-8-15-11-9-12(17-13(16-11)20-5)18(7-2)10-14(3,4)19/h9,19H,6-8,10H2,1-5H3,(H,15,16,17). The Morgan fingerprint density at radius 1 is 1.35 bits per heavy atom. The maximum Gasteiger partial charge on any atom is 0.191 e. The second kappa shape index (κ2) is 7.69. The van der Waals surface area contributed by atoms with Crippen molar-refractivity contribution in [3.05, 3.63) is 6.07 Å². The van der Waals surface area contributed by atoms with Crippen LogP contribution in [0.2, 0.25) is 0 Å². The van der Waals surface area contributed by atoms with Crippen LogP contribution in [-0.2, 0) is 0 Å². The lowest BCUT2D eigenvalue weighted by atomic mass is 10.1. The van der Waals surface area contributed by atoms with Gasteiger partial charge in [-0.1, -0.05) is 18.7 Å². The largest absolute Gasteiger partial charge is 0.389 e. The van der Waals surface area contributed by atoms with E-state index in [2.05, 4.69) is 34.0 Å². The molecule has 0 aliphatic carbocycles. The van der Waals surface area contributed by atoms with Crippen molar-refractivity contribution in [1.82, 2.24) is 9.97 Å². The van der Waals surface area contributed by atoms with E-state index in [1.54, 1.807) is 0 Å². The Bertz CT molecular complexity index is 420. The van der Waals surface area contributed by atoms with Gasteiger partial charge in [-0.15, -0.1) is 0 Å². The SMILES string of the molecule is CCCNc1cc(N(CC)CC(C)(C)O)nc(SC)n1. The predicted octanol–water partition coefficient (Wildman–Crippen LogP) is 2.62. The Hall–Kier alpha value is -1.01. The van der Waals surface area contributed by atoms with Gasteiger partial charge in [0.05, 0.1) is 5.60 Å². The summed E-state index contributed by atoms with van der Waals surface area (Å²) in [5.74, 6) is 1.70. The number of nitrogens with zero attached hydrogens (tertiary/aromatic N) is 3. The number of aliphatic hydroxyl groups is 1. The van der Waals surface area contributed by atoms with Crippen molar-refractivity contribution in [3.63, 3.8) is 0 Å². The van der Waals surface area contributed by atoms with E-state index < -0.39 is 5.60 Å². The van der Waals surface area contributed by atoms with E-state index in [4.69, 9.17) is 0 Å². The minimum atomic E-state index is -0.752. The normalized spacial score (nSPS) is 11.5. The Morgan fingerprint density at radius 3 is 2.55 bits per heavy atom. The minimum absolute atomic E-state index is 0.543. The highest BCUT2D eigenvalue weighted by Crippen LogP contribution is 2.21. The van der Waals surface area contributed by atoms with Gasteiger partial charge in [0.15, 0.2) is 5.16 Å². The maximum absolute atomic E-state index is 10.0. The molecule has 114 valence electrons. The minimum Gasteiger partial charge on any atom is -0.389 e. The molecule has 1 aromatic heterocycles. The average molecular weight is 298 g/mol. The first-order chi connectivity index (χ1) is 9.39. The Morgan fingerprint density at radius 2 is 2.05 bits per heavy atom. The van der Waals surface area contributed by atoms with E-state index in [1.807, 2.05) is 26.2 Å². The van der Waals surface area contributed by atoms with Crippen LogP contribution >= 0.6 is 11.8 Å². The summed E-state index contributed by atoms with van der Waals surface area (Å²) in [7, 11) is 0. The molecule has 0 fully saturated rings. The fraction of sp³-hybridized carbons (Fsp3) is 0.714. The van der Waals surface area contributed by atoms with Crippen molar-refractivity contribution < 1.29 is 5.11 Å². The van der Waals surface area contributed by atoms with Crippen LogP contribution < -0.4 is 10.2 Å². The number of thioether (sulfide) groups is 1. The average Bonchev–Trinajstić information content (AvgIpc) is 2.41. The molecule has 20 heavy (non-hydrogen) atoms. The number of hydrogen-bond acceptors (Lipinski definition) is 6. The van der Waals surface area contributed by atoms with Crippen LogP contribution in [-0.4, -0.2) is 46.6 Å². The van der Waals surface area contributed by atoms with Gasteiger partial charge in [-0.05, 0) is 33.4 Å². The molecule has 2 N–H and O–H groups in total. The van der Waals surface area contributed by atoms with Gasteiger partial charge in [0.25, 0.3) is 0 Å². The van der Waals surface area contributed by atoms with Crippen LogP contribution in [0.3, 0.4) is 0 Å². The molecule has 0 unspecified atom stereocenters. The highest BCUT2D eigenvalue weighted by molar-refractivity contribution is 7.98. The maximum atomic E-state index is 10.0. The molecule has 0 aromatic carbocycles. The number of likely N-dealkylation sites (N-methyl/N-ethyl adjacent to an activating group) is 1. The molecular formula is C14H26N4OS. The van der Waals surface area contributed by atoms with Crippen LogP contribution in [0, 0.1) is 0 Å². The third-order valence-corrected chi connectivity index (χ3v) is 3.26. The summed E-state index contributed by atoms with van der Waals surface area (Å²) in [6.45, 7) is 10.0. The van der Waals surface area contributed by atoms with Gasteiger partial charge in [-0.2, -0.15) is 0 Å². The van der Waals surface area contributed by atoms with Gasteiger partial charge in [0.2, 0.25) is 0 Å². The van der Waals surface area contributed by atoms with E-state index >= 15 is 0 Å². The van der Waals surface area contributed by atoms with Crippen LogP contribution in [0.5, 0.6) is 0 Å². The van der Waals surface area contributed by atoms with Crippen molar-refractivity contribution >= 4 is 23.4 Å². The summed E-state index contributed by atoms with van der Waals surface area (Å²) in [6.07, 6.45) is 3.02. The monoisotopic (exact) mass is 298 g/mol. The predicted molar refractivity (Wildman–Crippen MR) is 86.8 cm³/mol. The zero-order valence-electron chi connectivity index (χ0n) is 13.1. The lowest BCUT2D eigenvalue weighted by Crippen LogP contribution is -2.39. The van der Waals surface area contributed by atoms with Crippen LogP contribution in [0.4, 0.5) is 11.6 Å². The molecule has 5 nitrogen and oxygen atoms in total. The van der Waals surface area contributed by atoms with E-state index in [-0.39, 0.29) is 0 Å². The number of nitrogens with one attached hydrogen (secondary N) is 1. The molecule has 0 aliphatic rings. The summed E-state index contributed by atoms with van der Waals surface area (Å²) in [5, 5.41) is 14.1. The molecular weight excluding hydrogens is 272 g/mol. The third-order valence-electron chi connectivity index (χ3n) is 2.71. The first-order valence-electron chi connectivity index (χ1n) is 7.04. The first-order valence-corrected chi connectivity index (χ1v) is 8.26. The number of aromatic nitrogens is 2. The summed E-state index contributed by atoms with van der Waals surface area (Å²) in [6, 6.07) is 1.95. The molecule has 0 amide bonds. The smallest absolute Gasteiger partial charge is 0.191 e. The Labute approximate surface area is 126 Å². The van der Waals surface area contributed by atoms with Crippen molar-refractivity contribution in [3.8, 4) is 0 Å². The van der Waals surface area contributed by atoms with Crippen molar-refractivity contribution in [2.75, 3.05) is 36.1 Å². The molecule has 0 radical (unpaired) electrons. The number of hydrogen-bond donors (Lipinski definition) is 2. The topological polar surface area (TPSA) is 61.3 Å². The van der Waals surface area contributed by atoms with Crippen LogP contribution in [0.15, 0.2) is 11.2 Å². The molecule has 0 bridgehead atoms. The second-order valence-corrected chi connectivity index (χ2v) is 6.12. The molecule has 0 spiro atoms. The summed E-state index contributed by atoms with van der Waals surface area (Å²) in [4.78, 5) is 11.1. The second-order valence-electron chi connectivity index (χ2n) is 5.35. The third kappa shape index (κ3) is 5.54. The molecule has 0 saturated heterocycles. The molecule has 0 aliphatic heterocycles. The van der Waals surface area contributed by atoms with Gasteiger partial charge in [-0.3, -0.25) is 0 Å². The number of rotatable bonds is 8. The molecule has 1 aromatic rings. The highest BCUT2D eigenvalue weighted by atomic mass is 32.2. The molecule has 1 rings (SSSR count). The van der Waals surface area contributed by atoms with Crippen LogP contribution in [0.1, 0.15) is 34.1 Å². The van der Waals surface area contributed by atoms with Gasteiger partial charge >= 0.3 is 0 Å². The zero-order valence-corrected chi connectivity index (χ0v) is 13.9. The fourth-order valence-corrected chi connectivity index (χ4v) is 2.21. The van der Waals surface area contributed by atoms with E-state index in [1.165, 1.54) is 11.8 Å². The van der Waals surface area contributed by atoms with E-state index in [0.717, 1.165) is 36.3 Å². The summed E-state index contributed by atoms with van der Waals surface area (Å²) < 4.78 is 0. The molecule has 1 heterocycles. The lowest BCUT2D eigenvalue weighted by Gasteiger charge is -2.29. The summed E-state index contributed by atoms with van der Waals surface area (Å²) in [5.41, 5.74) is -0.752. The van der Waals surface area contributed by atoms with Gasteiger partial charge in [-0.25, -0.2) is 9.97 Å². The lowest BCUT2D eigenvalue weighted by molar-refractivity contribution is 0.0874. The van der Waals surface area contributed by atoms with Crippen LogP contribution in [0.25, 0.3) is 0 Å². The van der Waals surface area contributed by atoms with E-state index in [9.17, 15) is 5.11 Å². The Balaban J connectivity index is 3.01. The first kappa shape index (κ1) is 17.0. The number of anilines is 2. The van der Waals surface area contributed by atoms with Crippen molar-refractivity contribution in [2.24, 2.45) is 0 Å². The van der Waals surface area contributed by atoms with Gasteiger partial charge in [0, 0.05) is 25.7 Å². The summed E-state index contributed by atoms with van der Waals surface area (Å²) >= 11 is 1.53. The molecule has 6 heteroatoms. The van der Waals surface area contributed by atoms with Crippen molar-refractivity contribution in [1.29, 1.82) is 0 Å². The van der Waals surface area contributed by atoms with Gasteiger partial charge in [0.1, 0.15) is 11.6 Å². The van der Waals surface area contributed by atoms with Crippen molar-refractivity contribution in [2.45, 2.75) is 44.9 Å². The van der Waals surface area contributed by atoms with Gasteiger partial charge < -0.3 is 15.3 Å². The molecule has 0 atom stereocenters. The fourth-order valence-electron chi connectivity index (χ4n) is 1.83. The zero-order chi connectivity index (χ0) is 15.2. The molecule has 0 saturated carbocycles. The van der Waals surface area contributed by atoms with E-state index in [0.29, 0.717) is 6.54 Å².